The smallest absolute Gasteiger partial charge is 0.261 e. The average molecular weight is 441 g/mol. The van der Waals surface area contributed by atoms with Gasteiger partial charge in [-0.3, -0.25) is 4.79 Å². The van der Waals surface area contributed by atoms with Crippen LogP contribution in [0.3, 0.4) is 0 Å². The van der Waals surface area contributed by atoms with Crippen molar-refractivity contribution in [1.82, 2.24) is 23.7 Å². The van der Waals surface area contributed by atoms with Crippen LogP contribution in [0.2, 0.25) is 0 Å². The summed E-state index contributed by atoms with van der Waals surface area (Å²) in [7, 11) is 1.60. The number of hydrogen-bond donors (Lipinski definition) is 0. The number of rotatable bonds is 8. The van der Waals surface area contributed by atoms with Crippen molar-refractivity contribution < 1.29 is 14.3 Å². The first-order valence-corrected chi connectivity index (χ1v) is 10.6. The lowest BCUT2D eigenvalue weighted by atomic mass is 10.3. The molecule has 8 nitrogen and oxygen atoms in total. The van der Waals surface area contributed by atoms with E-state index in [2.05, 4.69) is 9.97 Å². The van der Waals surface area contributed by atoms with E-state index in [0.717, 1.165) is 22.7 Å². The Labute approximate surface area is 190 Å². The Bertz CT molecular complexity index is 1330. The molecule has 0 fully saturated rings. The molecule has 0 atom stereocenters. The molecule has 0 aliphatic carbocycles. The molecular weight excluding hydrogens is 418 g/mol. The van der Waals surface area contributed by atoms with E-state index >= 15 is 0 Å². The van der Waals surface area contributed by atoms with Crippen LogP contribution in [0, 0.1) is 0 Å². The quantitative estimate of drug-likeness (QED) is 0.368. The van der Waals surface area contributed by atoms with Gasteiger partial charge >= 0.3 is 0 Å². The van der Waals surface area contributed by atoms with Crippen LogP contribution in [-0.4, -0.2) is 43.3 Å². The van der Waals surface area contributed by atoms with Gasteiger partial charge in [0.25, 0.3) is 5.91 Å². The lowest BCUT2D eigenvalue weighted by Gasteiger charge is -2.22. The van der Waals surface area contributed by atoms with E-state index in [4.69, 9.17) is 9.47 Å². The van der Waals surface area contributed by atoms with Crippen molar-refractivity contribution >= 4 is 17.2 Å². The highest BCUT2D eigenvalue weighted by atomic mass is 16.5. The number of methoxy groups -OCH3 is 1. The van der Waals surface area contributed by atoms with Crippen molar-refractivity contribution in [2.24, 2.45) is 0 Å². The summed E-state index contributed by atoms with van der Waals surface area (Å²) in [5.74, 6) is 1.11. The van der Waals surface area contributed by atoms with Crippen molar-refractivity contribution in [3.63, 3.8) is 0 Å². The van der Waals surface area contributed by atoms with E-state index in [1.54, 1.807) is 36.5 Å². The fourth-order valence-corrected chi connectivity index (χ4v) is 3.75. The molecule has 5 rings (SSSR count). The van der Waals surface area contributed by atoms with E-state index in [9.17, 15) is 4.79 Å². The van der Waals surface area contributed by atoms with E-state index in [1.807, 2.05) is 69.7 Å². The molecular formula is C25H23N5O3. The third-order valence-electron chi connectivity index (χ3n) is 5.45. The summed E-state index contributed by atoms with van der Waals surface area (Å²) in [5, 5.41) is 0. The first-order chi connectivity index (χ1) is 16.2. The number of ether oxygens (including phenoxy) is 2. The maximum Gasteiger partial charge on any atom is 0.261 e. The summed E-state index contributed by atoms with van der Waals surface area (Å²) in [4.78, 5) is 24.0. The molecule has 5 aromatic rings. The zero-order valence-electron chi connectivity index (χ0n) is 18.2. The number of aromatic nitrogens is 4. The molecule has 0 radical (unpaired) electrons. The Hall–Kier alpha value is -4.33. The number of amides is 1. The highest BCUT2D eigenvalue weighted by Gasteiger charge is 2.19. The van der Waals surface area contributed by atoms with Crippen molar-refractivity contribution in [3.8, 4) is 11.5 Å². The third-order valence-corrected chi connectivity index (χ3v) is 5.45. The fourth-order valence-electron chi connectivity index (χ4n) is 3.75. The zero-order chi connectivity index (χ0) is 22.6. The van der Waals surface area contributed by atoms with Gasteiger partial charge in [-0.1, -0.05) is 18.2 Å². The van der Waals surface area contributed by atoms with Crippen LogP contribution >= 0.6 is 0 Å². The van der Waals surface area contributed by atoms with E-state index in [-0.39, 0.29) is 12.5 Å². The normalized spacial score (nSPS) is 11.1. The first kappa shape index (κ1) is 20.6. The Morgan fingerprint density at radius 3 is 2.06 bits per heavy atom. The number of imidazole rings is 2. The Balaban J connectivity index is 1.40. The van der Waals surface area contributed by atoms with Gasteiger partial charge in [-0.2, -0.15) is 0 Å². The van der Waals surface area contributed by atoms with Gasteiger partial charge in [0, 0.05) is 18.5 Å². The van der Waals surface area contributed by atoms with Gasteiger partial charge in [-0.05, 0) is 36.4 Å². The summed E-state index contributed by atoms with van der Waals surface area (Å²) >= 11 is 0. The molecule has 4 aromatic heterocycles. The van der Waals surface area contributed by atoms with E-state index in [1.165, 1.54) is 0 Å². The van der Waals surface area contributed by atoms with Crippen LogP contribution in [0.15, 0.2) is 85.5 Å². The molecule has 0 saturated heterocycles. The molecule has 1 aromatic carbocycles. The number of carbonyl (C=O) groups is 1. The minimum Gasteiger partial charge on any atom is -0.497 e. The molecule has 8 heteroatoms. The molecule has 4 heterocycles. The van der Waals surface area contributed by atoms with Crippen molar-refractivity contribution in [3.05, 3.63) is 96.8 Å². The topological polar surface area (TPSA) is 73.4 Å². The van der Waals surface area contributed by atoms with Crippen LogP contribution in [0.1, 0.15) is 11.4 Å². The first-order valence-electron chi connectivity index (χ1n) is 10.6. The Morgan fingerprint density at radius 1 is 0.848 bits per heavy atom. The summed E-state index contributed by atoms with van der Waals surface area (Å²) in [6, 6.07) is 18.9. The number of benzene rings is 1. The maximum absolute atomic E-state index is 13.3. The van der Waals surface area contributed by atoms with Gasteiger partial charge in [-0.25, -0.2) is 9.97 Å². The molecule has 166 valence electrons. The predicted molar refractivity (Wildman–Crippen MR) is 123 cm³/mol. The SMILES string of the molecule is COc1cccc(OCC(=O)N(Cc2cnc3ccccn23)Cc2cnc3ccccn23)c1. The Kier molecular flexibility index (Phi) is 5.63. The van der Waals surface area contributed by atoms with Crippen LogP contribution in [0.4, 0.5) is 0 Å². The van der Waals surface area contributed by atoms with E-state index in [0.29, 0.717) is 24.6 Å². The number of pyridine rings is 2. The molecule has 0 bridgehead atoms. The summed E-state index contributed by atoms with van der Waals surface area (Å²) in [6.07, 6.45) is 7.49. The predicted octanol–water partition coefficient (Wildman–Crippen LogP) is 3.60. The monoisotopic (exact) mass is 441 g/mol. The molecule has 0 saturated carbocycles. The van der Waals surface area contributed by atoms with Crippen LogP contribution in [0.5, 0.6) is 11.5 Å². The lowest BCUT2D eigenvalue weighted by Crippen LogP contribution is -2.34. The fraction of sp³-hybridized carbons (Fsp3) is 0.160. The number of fused-ring (bicyclic) bond motifs is 2. The number of hydrogen-bond acceptors (Lipinski definition) is 5. The number of nitrogens with zero attached hydrogens (tertiary/aromatic N) is 5. The van der Waals surface area contributed by atoms with Gasteiger partial charge in [0.05, 0.1) is 44.0 Å². The van der Waals surface area contributed by atoms with Gasteiger partial charge < -0.3 is 23.2 Å². The van der Waals surface area contributed by atoms with Crippen molar-refractivity contribution in [2.75, 3.05) is 13.7 Å². The maximum atomic E-state index is 13.3. The van der Waals surface area contributed by atoms with Gasteiger partial charge in [0.1, 0.15) is 22.8 Å². The van der Waals surface area contributed by atoms with Crippen molar-refractivity contribution in [2.45, 2.75) is 13.1 Å². The second kappa shape index (κ2) is 9.04. The summed E-state index contributed by atoms with van der Waals surface area (Å²) in [5.41, 5.74) is 3.49. The molecule has 33 heavy (non-hydrogen) atoms. The standard InChI is InChI=1S/C25H23N5O3/c1-32-21-7-6-8-22(13-21)33-18-25(31)28(16-19-14-26-23-9-2-4-11-29(19)23)17-20-15-27-24-10-3-5-12-30(20)24/h2-15H,16-18H2,1H3. The zero-order valence-corrected chi connectivity index (χ0v) is 18.2. The molecule has 0 N–H and O–H groups in total. The highest BCUT2D eigenvalue weighted by molar-refractivity contribution is 5.77. The average Bonchev–Trinajstić information content (AvgIpc) is 3.46. The molecule has 1 amide bonds. The summed E-state index contributed by atoms with van der Waals surface area (Å²) in [6.45, 7) is 0.664. The lowest BCUT2D eigenvalue weighted by molar-refractivity contribution is -0.134. The molecule has 0 spiro atoms. The van der Waals surface area contributed by atoms with Crippen LogP contribution < -0.4 is 9.47 Å². The van der Waals surface area contributed by atoms with Gasteiger partial charge in [0.15, 0.2) is 6.61 Å². The second-order valence-corrected chi connectivity index (χ2v) is 7.57. The minimum absolute atomic E-state index is 0.0966. The minimum atomic E-state index is -0.144. The third kappa shape index (κ3) is 4.36. The Morgan fingerprint density at radius 2 is 1.45 bits per heavy atom. The molecule has 0 unspecified atom stereocenters. The van der Waals surface area contributed by atoms with Crippen LogP contribution in [0.25, 0.3) is 11.3 Å². The van der Waals surface area contributed by atoms with E-state index < -0.39 is 0 Å². The summed E-state index contributed by atoms with van der Waals surface area (Å²) < 4.78 is 15.0. The number of carbonyl (C=O) groups excluding carboxylic acids is 1. The largest absolute Gasteiger partial charge is 0.497 e. The van der Waals surface area contributed by atoms with Crippen LogP contribution in [-0.2, 0) is 17.9 Å². The van der Waals surface area contributed by atoms with Gasteiger partial charge in [0.2, 0.25) is 0 Å². The highest BCUT2D eigenvalue weighted by Crippen LogP contribution is 2.19. The second-order valence-electron chi connectivity index (χ2n) is 7.57. The van der Waals surface area contributed by atoms with Crippen molar-refractivity contribution in [1.29, 1.82) is 0 Å². The van der Waals surface area contributed by atoms with Gasteiger partial charge in [-0.15, -0.1) is 0 Å². The molecule has 0 aliphatic rings. The molecule has 0 aliphatic heterocycles.